The van der Waals surface area contributed by atoms with Crippen LogP contribution in [0, 0.1) is 0 Å². The molecule has 0 aliphatic heterocycles. The van der Waals surface area contributed by atoms with Crippen LogP contribution < -0.4 is 5.32 Å². The van der Waals surface area contributed by atoms with E-state index in [1.807, 2.05) is 35.6 Å². The van der Waals surface area contributed by atoms with E-state index in [1.54, 1.807) is 0 Å². The molecule has 0 saturated heterocycles. The summed E-state index contributed by atoms with van der Waals surface area (Å²) in [6, 6.07) is 1.83. The molecule has 0 bridgehead atoms. The van der Waals surface area contributed by atoms with Gasteiger partial charge in [0, 0.05) is 24.3 Å². The SMILES string of the molecule is CSCCCCNC(=O)c1cc(Br)cn1C. The third kappa shape index (κ3) is 4.22. The van der Waals surface area contributed by atoms with Crippen molar-refractivity contribution in [1.29, 1.82) is 0 Å². The minimum atomic E-state index is -0.00245. The van der Waals surface area contributed by atoms with Gasteiger partial charge in [0.2, 0.25) is 0 Å². The summed E-state index contributed by atoms with van der Waals surface area (Å²) >= 11 is 5.19. The highest BCUT2D eigenvalue weighted by Crippen LogP contribution is 2.13. The van der Waals surface area contributed by atoms with Crippen molar-refractivity contribution in [2.24, 2.45) is 7.05 Å². The van der Waals surface area contributed by atoms with Crippen molar-refractivity contribution < 1.29 is 4.79 Å². The molecule has 0 atom stereocenters. The van der Waals surface area contributed by atoms with E-state index in [2.05, 4.69) is 27.5 Å². The molecule has 3 nitrogen and oxygen atoms in total. The Kier molecular flexibility index (Phi) is 5.98. The number of nitrogens with zero attached hydrogens (tertiary/aromatic N) is 1. The van der Waals surface area contributed by atoms with Gasteiger partial charge in [-0.2, -0.15) is 11.8 Å². The van der Waals surface area contributed by atoms with Gasteiger partial charge < -0.3 is 9.88 Å². The van der Waals surface area contributed by atoms with Crippen LogP contribution in [0.4, 0.5) is 0 Å². The van der Waals surface area contributed by atoms with Crippen LogP contribution in [0.5, 0.6) is 0 Å². The zero-order valence-corrected chi connectivity index (χ0v) is 12.0. The molecule has 0 aromatic carbocycles. The number of aromatic nitrogens is 1. The molecule has 1 heterocycles. The Morgan fingerprint density at radius 1 is 1.56 bits per heavy atom. The number of carbonyl (C=O) groups excluding carboxylic acids is 1. The number of unbranched alkanes of at least 4 members (excludes halogenated alkanes) is 1. The lowest BCUT2D eigenvalue weighted by atomic mass is 10.3. The van der Waals surface area contributed by atoms with E-state index >= 15 is 0 Å². The van der Waals surface area contributed by atoms with Gasteiger partial charge in [-0.05, 0) is 46.8 Å². The number of halogens is 1. The summed E-state index contributed by atoms with van der Waals surface area (Å²) in [5, 5.41) is 2.92. The van der Waals surface area contributed by atoms with E-state index in [0.29, 0.717) is 5.69 Å². The highest BCUT2D eigenvalue weighted by Gasteiger charge is 2.09. The lowest BCUT2D eigenvalue weighted by Gasteiger charge is -2.05. The number of aryl methyl sites for hydroxylation is 1. The first kappa shape index (κ1) is 13.6. The van der Waals surface area contributed by atoms with Gasteiger partial charge in [0.25, 0.3) is 5.91 Å². The molecule has 16 heavy (non-hydrogen) atoms. The van der Waals surface area contributed by atoms with Gasteiger partial charge in [-0.1, -0.05) is 0 Å². The van der Waals surface area contributed by atoms with Crippen molar-refractivity contribution in [3.63, 3.8) is 0 Å². The number of hydrogen-bond acceptors (Lipinski definition) is 2. The Labute approximate surface area is 109 Å². The minimum absolute atomic E-state index is 0.00245. The minimum Gasteiger partial charge on any atom is -0.351 e. The van der Waals surface area contributed by atoms with Crippen molar-refractivity contribution in [3.05, 3.63) is 22.4 Å². The maximum atomic E-state index is 11.8. The quantitative estimate of drug-likeness (QED) is 0.820. The summed E-state index contributed by atoms with van der Waals surface area (Å²) in [5.41, 5.74) is 0.691. The van der Waals surface area contributed by atoms with Crippen molar-refractivity contribution in [2.45, 2.75) is 12.8 Å². The molecule has 1 amide bonds. The second kappa shape index (κ2) is 7.01. The molecule has 5 heteroatoms. The Balaban J connectivity index is 2.33. The molecule has 0 aliphatic carbocycles. The average Bonchev–Trinajstić information content (AvgIpc) is 2.57. The average molecular weight is 305 g/mol. The van der Waals surface area contributed by atoms with Gasteiger partial charge in [-0.25, -0.2) is 0 Å². The van der Waals surface area contributed by atoms with E-state index < -0.39 is 0 Å². The molecule has 0 fully saturated rings. The van der Waals surface area contributed by atoms with E-state index in [9.17, 15) is 4.79 Å². The smallest absolute Gasteiger partial charge is 0.267 e. The lowest BCUT2D eigenvalue weighted by Crippen LogP contribution is -2.26. The van der Waals surface area contributed by atoms with Gasteiger partial charge in [-0.3, -0.25) is 4.79 Å². The van der Waals surface area contributed by atoms with E-state index in [4.69, 9.17) is 0 Å². The van der Waals surface area contributed by atoms with Gasteiger partial charge in [-0.15, -0.1) is 0 Å². The van der Waals surface area contributed by atoms with E-state index in [0.717, 1.165) is 29.6 Å². The largest absolute Gasteiger partial charge is 0.351 e. The third-order valence-electron chi connectivity index (χ3n) is 2.27. The summed E-state index contributed by atoms with van der Waals surface area (Å²) in [7, 11) is 1.87. The van der Waals surface area contributed by atoms with Crippen molar-refractivity contribution in [1.82, 2.24) is 9.88 Å². The predicted octanol–water partition coefficient (Wildman–Crippen LogP) is 2.66. The Bertz CT molecular complexity index is 352. The molecule has 1 N–H and O–H groups in total. The van der Waals surface area contributed by atoms with Crippen LogP contribution in [0.15, 0.2) is 16.7 Å². The molecule has 0 radical (unpaired) electrons. The molecular formula is C11H17BrN2OS. The van der Waals surface area contributed by atoms with Crippen molar-refractivity contribution in [3.8, 4) is 0 Å². The summed E-state index contributed by atoms with van der Waals surface area (Å²) in [6.45, 7) is 0.752. The summed E-state index contributed by atoms with van der Waals surface area (Å²) in [6.07, 6.45) is 6.17. The number of thioether (sulfide) groups is 1. The Hall–Kier alpha value is -0.420. The first-order chi connectivity index (χ1) is 7.65. The number of rotatable bonds is 6. The lowest BCUT2D eigenvalue weighted by molar-refractivity contribution is 0.0945. The van der Waals surface area contributed by atoms with Crippen LogP contribution >= 0.6 is 27.7 Å². The molecule has 1 aromatic rings. The van der Waals surface area contributed by atoms with Crippen molar-refractivity contribution >= 4 is 33.6 Å². The molecule has 0 aliphatic rings. The summed E-state index contributed by atoms with van der Waals surface area (Å²) < 4.78 is 2.75. The zero-order chi connectivity index (χ0) is 12.0. The highest BCUT2D eigenvalue weighted by molar-refractivity contribution is 9.10. The zero-order valence-electron chi connectivity index (χ0n) is 9.62. The maximum Gasteiger partial charge on any atom is 0.267 e. The first-order valence-corrected chi connectivity index (χ1v) is 7.43. The van der Waals surface area contributed by atoms with E-state index in [1.165, 1.54) is 0 Å². The number of hydrogen-bond donors (Lipinski definition) is 1. The number of carbonyl (C=O) groups is 1. The highest BCUT2D eigenvalue weighted by atomic mass is 79.9. The molecule has 0 saturated carbocycles. The Morgan fingerprint density at radius 3 is 2.88 bits per heavy atom. The second-order valence-electron chi connectivity index (χ2n) is 3.61. The van der Waals surface area contributed by atoms with E-state index in [-0.39, 0.29) is 5.91 Å². The molecule has 90 valence electrons. The van der Waals surface area contributed by atoms with Crippen LogP contribution in [0.1, 0.15) is 23.3 Å². The fourth-order valence-corrected chi connectivity index (χ4v) is 2.43. The van der Waals surface area contributed by atoms with Gasteiger partial charge >= 0.3 is 0 Å². The predicted molar refractivity (Wildman–Crippen MR) is 73.1 cm³/mol. The number of amides is 1. The second-order valence-corrected chi connectivity index (χ2v) is 5.51. The molecule has 1 aromatic heterocycles. The normalized spacial score (nSPS) is 10.4. The van der Waals surface area contributed by atoms with Gasteiger partial charge in [0.05, 0.1) is 0 Å². The Morgan fingerprint density at radius 2 is 2.31 bits per heavy atom. The van der Waals surface area contributed by atoms with Crippen LogP contribution in [-0.2, 0) is 7.05 Å². The summed E-state index contributed by atoms with van der Waals surface area (Å²) in [4.78, 5) is 11.8. The van der Waals surface area contributed by atoms with Crippen LogP contribution in [-0.4, -0.2) is 29.0 Å². The fourth-order valence-electron chi connectivity index (χ4n) is 1.41. The van der Waals surface area contributed by atoms with Crippen LogP contribution in [0.25, 0.3) is 0 Å². The van der Waals surface area contributed by atoms with Crippen LogP contribution in [0.3, 0.4) is 0 Å². The summed E-state index contributed by atoms with van der Waals surface area (Å²) in [5.74, 6) is 1.16. The third-order valence-corrected chi connectivity index (χ3v) is 3.40. The van der Waals surface area contributed by atoms with Crippen LogP contribution in [0.2, 0.25) is 0 Å². The van der Waals surface area contributed by atoms with Gasteiger partial charge in [0.1, 0.15) is 5.69 Å². The monoisotopic (exact) mass is 304 g/mol. The molecule has 0 spiro atoms. The molecule has 1 rings (SSSR count). The van der Waals surface area contributed by atoms with Gasteiger partial charge in [0.15, 0.2) is 0 Å². The molecular weight excluding hydrogens is 288 g/mol. The first-order valence-electron chi connectivity index (χ1n) is 5.24. The standard InChI is InChI=1S/C11H17BrN2OS/c1-14-8-9(12)7-10(14)11(15)13-5-3-4-6-16-2/h7-8H,3-6H2,1-2H3,(H,13,15). The topological polar surface area (TPSA) is 34.0 Å². The maximum absolute atomic E-state index is 11.8. The number of nitrogens with one attached hydrogen (secondary N) is 1. The molecule has 0 unspecified atom stereocenters. The van der Waals surface area contributed by atoms with Crippen molar-refractivity contribution in [2.75, 3.05) is 18.6 Å². The fraction of sp³-hybridized carbons (Fsp3) is 0.545.